The molecule has 0 aliphatic heterocycles. The van der Waals surface area contributed by atoms with Crippen LogP contribution in [0.5, 0.6) is 0 Å². The molecule has 1 aromatic carbocycles. The minimum absolute atomic E-state index is 0.0614. The van der Waals surface area contributed by atoms with Crippen molar-refractivity contribution in [3.8, 4) is 5.69 Å². The Labute approximate surface area is 216 Å². The van der Waals surface area contributed by atoms with E-state index in [0.29, 0.717) is 30.0 Å². The molecule has 6 rings (SSSR count). The first-order valence-electron chi connectivity index (χ1n) is 14.1. The van der Waals surface area contributed by atoms with Crippen LogP contribution in [0.2, 0.25) is 0 Å². The second kappa shape index (κ2) is 7.90. The van der Waals surface area contributed by atoms with Gasteiger partial charge in [0.05, 0.1) is 23.7 Å². The Balaban J connectivity index is 1.38. The van der Waals surface area contributed by atoms with Gasteiger partial charge in [0, 0.05) is 11.8 Å². The average molecular weight is 487 g/mol. The zero-order chi connectivity index (χ0) is 25.6. The topological polar surface area (TPSA) is 55.1 Å². The van der Waals surface area contributed by atoms with E-state index < -0.39 is 0 Å². The fourth-order valence-electron chi connectivity index (χ4n) is 9.67. The molecule has 4 nitrogen and oxygen atoms in total. The van der Waals surface area contributed by atoms with E-state index in [9.17, 15) is 9.90 Å². The van der Waals surface area contributed by atoms with Gasteiger partial charge in [-0.3, -0.25) is 4.79 Å². The first-order valence-corrected chi connectivity index (χ1v) is 14.1. The van der Waals surface area contributed by atoms with Crippen LogP contribution in [0.1, 0.15) is 83.5 Å². The quantitative estimate of drug-likeness (QED) is 0.534. The molecule has 1 N–H and O–H groups in total. The molecule has 3 fully saturated rings. The van der Waals surface area contributed by atoms with E-state index in [1.807, 2.05) is 13.1 Å². The number of hydrogen-bond acceptors (Lipinski definition) is 3. The maximum atomic E-state index is 13.3. The molecule has 0 spiro atoms. The van der Waals surface area contributed by atoms with E-state index in [-0.39, 0.29) is 28.3 Å². The predicted molar refractivity (Wildman–Crippen MR) is 144 cm³/mol. The fraction of sp³-hybridized carbons (Fsp3) is 0.625. The number of carbonyl (C=O) groups excluding carboxylic acids is 1. The maximum Gasteiger partial charge on any atom is 0.139 e. The molecule has 0 amide bonds. The zero-order valence-corrected chi connectivity index (χ0v) is 22.8. The third-order valence-electron chi connectivity index (χ3n) is 11.7. The number of ketones is 1. The Hall–Kier alpha value is -2.20. The smallest absolute Gasteiger partial charge is 0.139 e. The molecule has 0 saturated heterocycles. The summed E-state index contributed by atoms with van der Waals surface area (Å²) < 4.78 is 2.09. The first kappa shape index (κ1) is 24.2. The first-order chi connectivity index (χ1) is 17.0. The van der Waals surface area contributed by atoms with Crippen molar-refractivity contribution >= 4 is 11.9 Å². The number of aliphatic hydroxyl groups excluding tert-OH is 1. The summed E-state index contributed by atoms with van der Waals surface area (Å²) in [5, 5.41) is 16.7. The Morgan fingerprint density at radius 2 is 2.03 bits per heavy atom. The number of hydrogen-bond donors (Lipinski definition) is 1. The largest absolute Gasteiger partial charge is 0.393 e. The van der Waals surface area contributed by atoms with E-state index in [4.69, 9.17) is 5.10 Å². The normalized spacial score (nSPS) is 41.1. The minimum atomic E-state index is -0.382. The van der Waals surface area contributed by atoms with E-state index in [0.717, 1.165) is 37.8 Å². The van der Waals surface area contributed by atoms with Crippen LogP contribution in [0.15, 0.2) is 36.0 Å². The van der Waals surface area contributed by atoms with Gasteiger partial charge >= 0.3 is 0 Å². The van der Waals surface area contributed by atoms with Crippen molar-refractivity contribution in [2.75, 3.05) is 0 Å². The Morgan fingerprint density at radius 3 is 2.75 bits per heavy atom. The molecule has 1 heterocycles. The predicted octanol–water partition coefficient (Wildman–Crippen LogP) is 6.57. The van der Waals surface area contributed by atoms with Crippen LogP contribution in [-0.4, -0.2) is 26.8 Å². The second-order valence-electron chi connectivity index (χ2n) is 13.2. The van der Waals surface area contributed by atoms with Gasteiger partial charge in [0.2, 0.25) is 0 Å². The summed E-state index contributed by atoms with van der Waals surface area (Å²) >= 11 is 0. The highest BCUT2D eigenvalue weighted by molar-refractivity contribution is 5.86. The summed E-state index contributed by atoms with van der Waals surface area (Å²) in [7, 11) is 0. The van der Waals surface area contributed by atoms with Crippen LogP contribution in [-0.2, 0) is 11.2 Å². The highest BCUT2D eigenvalue weighted by Crippen LogP contribution is 2.71. The van der Waals surface area contributed by atoms with E-state index >= 15 is 0 Å². The number of aliphatic hydroxyl groups is 1. The monoisotopic (exact) mass is 486 g/mol. The number of aromatic nitrogens is 2. The van der Waals surface area contributed by atoms with Crippen molar-refractivity contribution in [1.82, 2.24) is 9.78 Å². The number of fused-ring (bicyclic) bond motifs is 6. The third-order valence-corrected chi connectivity index (χ3v) is 11.7. The van der Waals surface area contributed by atoms with Crippen molar-refractivity contribution < 1.29 is 9.90 Å². The molecule has 4 aliphatic carbocycles. The number of carbonyl (C=O) groups is 1. The molecule has 0 unspecified atom stereocenters. The lowest BCUT2D eigenvalue weighted by Crippen LogP contribution is -2.59. The Bertz CT molecular complexity index is 1260. The van der Waals surface area contributed by atoms with Gasteiger partial charge in [-0.05, 0) is 103 Å². The SMILES string of the molecule is CCC(=O)[C@@]1(C)[C@H](C)C[C@H]2[C@@H]3CCC4=Cc5c(cnn5-c5cccc(C)c5)C[C@]4(C)[C@H]3[C@@H](O)C[C@@]21C. The lowest BCUT2D eigenvalue weighted by Gasteiger charge is -2.61. The minimum Gasteiger partial charge on any atom is -0.393 e. The Kier molecular flexibility index (Phi) is 5.30. The van der Waals surface area contributed by atoms with Gasteiger partial charge in [0.25, 0.3) is 0 Å². The van der Waals surface area contributed by atoms with Crippen LogP contribution in [0.25, 0.3) is 11.8 Å². The standard InChI is InChI=1S/C32H42N2O2/c1-7-28(36)32(6)20(3)14-25-24-12-11-22-15-26-21(18-33-34(26)23-10-8-9-19(2)13-23)16-30(22,4)29(24)27(35)17-31(25,32)5/h8-10,13,15,18,20,24-25,27,29,35H,7,11-12,14,16-17H2,1-6H3/t20-,24+,25+,27+,29-,30+,31+,32-/m1/s1. The summed E-state index contributed by atoms with van der Waals surface area (Å²) in [5.41, 5.74) is 5.78. The van der Waals surface area contributed by atoms with E-state index in [1.165, 1.54) is 22.4 Å². The summed E-state index contributed by atoms with van der Waals surface area (Å²) in [4.78, 5) is 13.3. The molecule has 2 aromatic rings. The third kappa shape index (κ3) is 2.97. The highest BCUT2D eigenvalue weighted by atomic mass is 16.3. The van der Waals surface area contributed by atoms with Gasteiger partial charge in [-0.25, -0.2) is 4.68 Å². The summed E-state index contributed by atoms with van der Waals surface area (Å²) in [5.74, 6) is 1.94. The van der Waals surface area contributed by atoms with E-state index in [1.54, 1.807) is 0 Å². The van der Waals surface area contributed by atoms with Gasteiger partial charge in [-0.15, -0.1) is 0 Å². The molecule has 3 saturated carbocycles. The number of Topliss-reactive ketones (excluding diaryl/α,β-unsaturated/α-hetero) is 1. The molecule has 0 bridgehead atoms. The van der Waals surface area contributed by atoms with Crippen LogP contribution < -0.4 is 0 Å². The van der Waals surface area contributed by atoms with Gasteiger partial charge in [-0.2, -0.15) is 5.10 Å². The number of benzene rings is 1. The second-order valence-corrected chi connectivity index (χ2v) is 13.2. The van der Waals surface area contributed by atoms with Gasteiger partial charge in [0.1, 0.15) is 5.78 Å². The molecular weight excluding hydrogens is 444 g/mol. The number of nitrogens with zero attached hydrogens (tertiary/aromatic N) is 2. The number of aryl methyl sites for hydroxylation is 1. The van der Waals surface area contributed by atoms with Crippen molar-refractivity contribution in [3.63, 3.8) is 0 Å². The highest BCUT2D eigenvalue weighted by Gasteiger charge is 2.68. The molecule has 36 heavy (non-hydrogen) atoms. The van der Waals surface area contributed by atoms with Crippen molar-refractivity contribution in [2.45, 2.75) is 86.2 Å². The average Bonchev–Trinajstić information content (AvgIpc) is 3.33. The fourth-order valence-corrected chi connectivity index (χ4v) is 9.67. The molecular formula is C32H42N2O2. The van der Waals surface area contributed by atoms with Crippen LogP contribution in [0, 0.1) is 46.8 Å². The molecule has 192 valence electrons. The summed E-state index contributed by atoms with van der Waals surface area (Å²) in [6, 6.07) is 8.54. The number of rotatable bonds is 3. The van der Waals surface area contributed by atoms with E-state index in [2.05, 4.69) is 69.6 Å². The van der Waals surface area contributed by atoms with Crippen LogP contribution in [0.4, 0.5) is 0 Å². The van der Waals surface area contributed by atoms with Crippen LogP contribution in [0.3, 0.4) is 0 Å². The molecule has 4 aliphatic rings. The van der Waals surface area contributed by atoms with Crippen molar-refractivity contribution in [3.05, 3.63) is 52.9 Å². The molecule has 8 atom stereocenters. The molecule has 4 heteroatoms. The van der Waals surface area contributed by atoms with Gasteiger partial charge < -0.3 is 5.11 Å². The van der Waals surface area contributed by atoms with Crippen molar-refractivity contribution in [2.24, 2.45) is 39.9 Å². The lowest BCUT2D eigenvalue weighted by molar-refractivity contribution is -0.158. The number of allylic oxidation sites excluding steroid dienone is 1. The van der Waals surface area contributed by atoms with Gasteiger partial charge in [-0.1, -0.05) is 52.3 Å². The maximum absolute atomic E-state index is 13.3. The lowest BCUT2D eigenvalue weighted by atomic mass is 9.44. The summed E-state index contributed by atoms with van der Waals surface area (Å²) in [6.45, 7) is 13.4. The zero-order valence-electron chi connectivity index (χ0n) is 22.8. The summed E-state index contributed by atoms with van der Waals surface area (Å²) in [6.07, 6.45) is 9.62. The molecule has 0 radical (unpaired) electrons. The van der Waals surface area contributed by atoms with Gasteiger partial charge in [0.15, 0.2) is 0 Å². The van der Waals surface area contributed by atoms with Crippen LogP contribution >= 0.6 is 0 Å². The van der Waals surface area contributed by atoms with Crippen molar-refractivity contribution in [1.29, 1.82) is 0 Å². The Morgan fingerprint density at radius 1 is 1.25 bits per heavy atom. The molecule has 1 aromatic heterocycles.